The smallest absolute Gasteiger partial charge is 0.124 e. The van der Waals surface area contributed by atoms with E-state index in [2.05, 4.69) is 0 Å². The van der Waals surface area contributed by atoms with Gasteiger partial charge in [0.25, 0.3) is 0 Å². The highest BCUT2D eigenvalue weighted by Crippen LogP contribution is 2.34. The first-order valence-corrected chi connectivity index (χ1v) is 7.05. The minimum Gasteiger partial charge on any atom is -0.496 e. The number of rotatable bonds is 3. The van der Waals surface area contributed by atoms with Gasteiger partial charge in [0, 0.05) is 15.6 Å². The summed E-state index contributed by atoms with van der Waals surface area (Å²) in [7, 11) is 1.61. The molecule has 2 aromatic rings. The van der Waals surface area contributed by atoms with Crippen molar-refractivity contribution < 1.29 is 4.74 Å². The standard InChI is InChI=1S/C16H17Cl2NO/c1-9-6-12(14(18)7-10(9)2)16(19)13-8-11(17)4-5-15(13)20-3/h4-8,16H,19H2,1-3H3. The molecule has 106 valence electrons. The minimum atomic E-state index is -0.379. The molecule has 0 bridgehead atoms. The molecule has 20 heavy (non-hydrogen) atoms. The number of benzene rings is 2. The average Bonchev–Trinajstić information content (AvgIpc) is 2.42. The lowest BCUT2D eigenvalue weighted by Gasteiger charge is -2.19. The zero-order valence-corrected chi connectivity index (χ0v) is 13.2. The fourth-order valence-electron chi connectivity index (χ4n) is 2.16. The number of aryl methyl sites for hydroxylation is 2. The molecule has 2 nitrogen and oxygen atoms in total. The van der Waals surface area contributed by atoms with E-state index in [-0.39, 0.29) is 6.04 Å². The van der Waals surface area contributed by atoms with Crippen LogP contribution in [0, 0.1) is 13.8 Å². The van der Waals surface area contributed by atoms with Crippen LogP contribution < -0.4 is 10.5 Å². The number of halogens is 2. The van der Waals surface area contributed by atoms with Gasteiger partial charge < -0.3 is 10.5 Å². The molecule has 0 radical (unpaired) electrons. The molecular weight excluding hydrogens is 293 g/mol. The van der Waals surface area contributed by atoms with E-state index in [0.717, 1.165) is 22.3 Å². The highest BCUT2D eigenvalue weighted by molar-refractivity contribution is 6.31. The molecule has 0 aliphatic rings. The summed E-state index contributed by atoms with van der Waals surface area (Å²) < 4.78 is 5.36. The highest BCUT2D eigenvalue weighted by atomic mass is 35.5. The Morgan fingerprint density at radius 1 is 1.00 bits per heavy atom. The van der Waals surface area contributed by atoms with Gasteiger partial charge in [-0.05, 0) is 54.8 Å². The van der Waals surface area contributed by atoms with Crippen molar-refractivity contribution in [2.24, 2.45) is 5.73 Å². The molecule has 2 rings (SSSR count). The van der Waals surface area contributed by atoms with Gasteiger partial charge in [0.15, 0.2) is 0 Å². The second kappa shape index (κ2) is 6.04. The molecule has 0 aromatic heterocycles. The largest absolute Gasteiger partial charge is 0.496 e. The first-order valence-electron chi connectivity index (χ1n) is 6.29. The van der Waals surface area contributed by atoms with Crippen molar-refractivity contribution in [3.05, 3.63) is 62.6 Å². The van der Waals surface area contributed by atoms with E-state index in [4.69, 9.17) is 33.7 Å². The molecule has 0 fully saturated rings. The quantitative estimate of drug-likeness (QED) is 0.894. The van der Waals surface area contributed by atoms with Gasteiger partial charge in [-0.3, -0.25) is 0 Å². The lowest BCUT2D eigenvalue weighted by Crippen LogP contribution is -2.14. The highest BCUT2D eigenvalue weighted by Gasteiger charge is 2.18. The maximum absolute atomic E-state index is 6.36. The summed E-state index contributed by atoms with van der Waals surface area (Å²) in [6.45, 7) is 4.06. The monoisotopic (exact) mass is 309 g/mol. The van der Waals surface area contributed by atoms with Crippen molar-refractivity contribution in [1.29, 1.82) is 0 Å². The van der Waals surface area contributed by atoms with Crippen molar-refractivity contribution in [2.45, 2.75) is 19.9 Å². The Morgan fingerprint density at radius 2 is 1.65 bits per heavy atom. The summed E-state index contributed by atoms with van der Waals surface area (Å²) in [4.78, 5) is 0. The number of methoxy groups -OCH3 is 1. The SMILES string of the molecule is COc1ccc(Cl)cc1C(N)c1cc(C)c(C)cc1Cl. The van der Waals surface area contributed by atoms with Crippen molar-refractivity contribution in [3.8, 4) is 5.75 Å². The van der Waals surface area contributed by atoms with Gasteiger partial charge in [0.1, 0.15) is 5.75 Å². The average molecular weight is 310 g/mol. The third-order valence-electron chi connectivity index (χ3n) is 3.47. The zero-order chi connectivity index (χ0) is 14.9. The Balaban J connectivity index is 2.54. The first-order chi connectivity index (χ1) is 9.43. The van der Waals surface area contributed by atoms with Crippen LogP contribution in [0.5, 0.6) is 5.75 Å². The fraction of sp³-hybridized carbons (Fsp3) is 0.250. The third kappa shape index (κ3) is 2.93. The van der Waals surface area contributed by atoms with E-state index in [1.165, 1.54) is 0 Å². The van der Waals surface area contributed by atoms with Gasteiger partial charge in [-0.1, -0.05) is 29.3 Å². The second-order valence-corrected chi connectivity index (χ2v) is 5.67. The Hall–Kier alpha value is -1.22. The lowest BCUT2D eigenvalue weighted by atomic mass is 9.95. The van der Waals surface area contributed by atoms with Crippen molar-refractivity contribution in [3.63, 3.8) is 0 Å². The van der Waals surface area contributed by atoms with Gasteiger partial charge >= 0.3 is 0 Å². The van der Waals surface area contributed by atoms with Crippen LogP contribution in [-0.4, -0.2) is 7.11 Å². The first kappa shape index (κ1) is 15.2. The molecule has 0 aliphatic carbocycles. The van der Waals surface area contributed by atoms with Gasteiger partial charge in [-0.2, -0.15) is 0 Å². The van der Waals surface area contributed by atoms with E-state index >= 15 is 0 Å². The van der Waals surface area contributed by atoms with Gasteiger partial charge in [0.05, 0.1) is 13.2 Å². The molecule has 2 N–H and O–H groups in total. The van der Waals surface area contributed by atoms with E-state index in [0.29, 0.717) is 15.8 Å². The van der Waals surface area contributed by atoms with E-state index in [1.54, 1.807) is 13.2 Å². The van der Waals surface area contributed by atoms with Crippen molar-refractivity contribution in [1.82, 2.24) is 0 Å². The summed E-state index contributed by atoms with van der Waals surface area (Å²) in [6, 6.07) is 8.98. The number of hydrogen-bond donors (Lipinski definition) is 1. The van der Waals surface area contributed by atoms with Crippen LogP contribution in [-0.2, 0) is 0 Å². The number of ether oxygens (including phenoxy) is 1. The summed E-state index contributed by atoms with van der Waals surface area (Å²) in [5.41, 5.74) is 10.3. The normalized spacial score (nSPS) is 12.3. The molecule has 1 unspecified atom stereocenters. The van der Waals surface area contributed by atoms with Crippen LogP contribution in [0.25, 0.3) is 0 Å². The van der Waals surface area contributed by atoms with E-state index in [1.807, 2.05) is 38.1 Å². The Labute approximate surface area is 129 Å². The molecule has 4 heteroatoms. The lowest BCUT2D eigenvalue weighted by molar-refractivity contribution is 0.408. The molecule has 0 spiro atoms. The Bertz CT molecular complexity index is 641. The second-order valence-electron chi connectivity index (χ2n) is 4.82. The molecule has 0 saturated carbocycles. The van der Waals surface area contributed by atoms with Crippen LogP contribution in [0.3, 0.4) is 0 Å². The molecule has 0 saturated heterocycles. The molecule has 2 aromatic carbocycles. The van der Waals surface area contributed by atoms with E-state index < -0.39 is 0 Å². The third-order valence-corrected chi connectivity index (χ3v) is 4.04. The predicted octanol–water partition coefficient (Wildman–Crippen LogP) is 4.67. The zero-order valence-electron chi connectivity index (χ0n) is 11.7. The minimum absolute atomic E-state index is 0.379. The van der Waals surface area contributed by atoms with Crippen LogP contribution in [0.1, 0.15) is 28.3 Å². The maximum atomic E-state index is 6.36. The maximum Gasteiger partial charge on any atom is 0.124 e. The van der Waals surface area contributed by atoms with Crippen molar-refractivity contribution >= 4 is 23.2 Å². The van der Waals surface area contributed by atoms with Crippen LogP contribution >= 0.6 is 23.2 Å². The van der Waals surface area contributed by atoms with Gasteiger partial charge in [-0.25, -0.2) is 0 Å². The van der Waals surface area contributed by atoms with Crippen LogP contribution in [0.4, 0.5) is 0 Å². The van der Waals surface area contributed by atoms with E-state index in [9.17, 15) is 0 Å². The summed E-state index contributed by atoms with van der Waals surface area (Å²) in [5, 5.41) is 1.28. The molecule has 1 atom stereocenters. The summed E-state index contributed by atoms with van der Waals surface area (Å²) in [5.74, 6) is 0.705. The Morgan fingerprint density at radius 3 is 2.30 bits per heavy atom. The number of nitrogens with two attached hydrogens (primary N) is 1. The topological polar surface area (TPSA) is 35.2 Å². The van der Waals surface area contributed by atoms with Gasteiger partial charge in [0.2, 0.25) is 0 Å². The summed E-state index contributed by atoms with van der Waals surface area (Å²) >= 11 is 12.4. The fourth-order valence-corrected chi connectivity index (χ4v) is 2.67. The molecular formula is C16H17Cl2NO. The molecule has 0 aliphatic heterocycles. The van der Waals surface area contributed by atoms with Crippen LogP contribution in [0.15, 0.2) is 30.3 Å². The molecule has 0 heterocycles. The number of hydrogen-bond acceptors (Lipinski definition) is 2. The predicted molar refractivity (Wildman–Crippen MR) is 85.0 cm³/mol. The summed E-state index contributed by atoms with van der Waals surface area (Å²) in [6.07, 6.45) is 0. The van der Waals surface area contributed by atoms with Crippen molar-refractivity contribution in [2.75, 3.05) is 7.11 Å². The molecule has 0 amide bonds. The van der Waals surface area contributed by atoms with Gasteiger partial charge in [-0.15, -0.1) is 0 Å². The van der Waals surface area contributed by atoms with Crippen LogP contribution in [0.2, 0.25) is 10.0 Å². The Kier molecular flexibility index (Phi) is 4.59.